The summed E-state index contributed by atoms with van der Waals surface area (Å²) in [6, 6.07) is 0.414. The van der Waals surface area contributed by atoms with Crippen LogP contribution >= 0.6 is 24.0 Å². The van der Waals surface area contributed by atoms with Gasteiger partial charge in [0, 0.05) is 11.3 Å². The van der Waals surface area contributed by atoms with Crippen LogP contribution < -0.4 is 0 Å². The van der Waals surface area contributed by atoms with Gasteiger partial charge < -0.3 is 5.11 Å². The number of hydrogen-bond donors (Lipinski definition) is 2. The number of rotatable bonds is 4. The molecule has 1 fully saturated rings. The Morgan fingerprint density at radius 2 is 2.44 bits per heavy atom. The van der Waals surface area contributed by atoms with Crippen LogP contribution in [0.15, 0.2) is 0 Å². The van der Waals surface area contributed by atoms with Crippen LogP contribution in [0.2, 0.25) is 0 Å². The van der Waals surface area contributed by atoms with Gasteiger partial charge in [-0.05, 0) is 37.2 Å². The van der Waals surface area contributed by atoms with Crippen molar-refractivity contribution in [1.29, 1.82) is 0 Å². The standard InChI is InChI=1S/C10H17N3OS2/c1-2-16-8-4-3-7(5-8)13-9(6-14)11-12-10(13)15/h7-8,14H,2-6H2,1H3,(H,12,15). The van der Waals surface area contributed by atoms with Crippen LogP contribution in [0.5, 0.6) is 0 Å². The first-order valence-corrected chi connectivity index (χ1v) is 7.10. The highest BCUT2D eigenvalue weighted by Crippen LogP contribution is 2.37. The number of aromatic amines is 1. The van der Waals surface area contributed by atoms with Crippen LogP contribution in [-0.2, 0) is 6.61 Å². The summed E-state index contributed by atoms with van der Waals surface area (Å²) in [4.78, 5) is 0. The van der Waals surface area contributed by atoms with Gasteiger partial charge in [-0.3, -0.25) is 9.67 Å². The summed E-state index contributed by atoms with van der Waals surface area (Å²) >= 11 is 7.22. The molecular weight excluding hydrogens is 242 g/mol. The van der Waals surface area contributed by atoms with E-state index in [2.05, 4.69) is 17.1 Å². The predicted octanol–water partition coefficient (Wildman–Crippen LogP) is 2.28. The molecule has 0 aliphatic heterocycles. The van der Waals surface area contributed by atoms with Gasteiger partial charge in [0.2, 0.25) is 0 Å². The number of aromatic nitrogens is 3. The minimum absolute atomic E-state index is 0.0464. The average molecular weight is 259 g/mol. The molecule has 0 amide bonds. The topological polar surface area (TPSA) is 53.8 Å². The second kappa shape index (κ2) is 5.33. The van der Waals surface area contributed by atoms with Gasteiger partial charge in [0.05, 0.1) is 0 Å². The van der Waals surface area contributed by atoms with Crippen LogP contribution in [0.3, 0.4) is 0 Å². The van der Waals surface area contributed by atoms with E-state index >= 15 is 0 Å². The van der Waals surface area contributed by atoms with Crippen LogP contribution in [-0.4, -0.2) is 30.9 Å². The van der Waals surface area contributed by atoms with Gasteiger partial charge in [-0.1, -0.05) is 6.92 Å². The number of nitrogens with zero attached hydrogens (tertiary/aromatic N) is 2. The van der Waals surface area contributed by atoms with Crippen molar-refractivity contribution in [2.24, 2.45) is 0 Å². The Kier molecular flexibility index (Phi) is 4.05. The van der Waals surface area contributed by atoms with Crippen molar-refractivity contribution < 1.29 is 5.11 Å². The van der Waals surface area contributed by atoms with Gasteiger partial charge >= 0.3 is 0 Å². The highest BCUT2D eigenvalue weighted by atomic mass is 32.2. The van der Waals surface area contributed by atoms with E-state index in [1.54, 1.807) is 0 Å². The lowest BCUT2D eigenvalue weighted by Gasteiger charge is -2.13. The molecule has 2 N–H and O–H groups in total. The predicted molar refractivity (Wildman–Crippen MR) is 68.1 cm³/mol. The van der Waals surface area contributed by atoms with Crippen molar-refractivity contribution in [3.63, 3.8) is 0 Å². The first-order valence-electron chi connectivity index (χ1n) is 5.64. The summed E-state index contributed by atoms with van der Waals surface area (Å²) in [5.74, 6) is 1.83. The Morgan fingerprint density at radius 3 is 3.12 bits per heavy atom. The number of thioether (sulfide) groups is 1. The van der Waals surface area contributed by atoms with E-state index in [0.717, 1.165) is 18.1 Å². The number of nitrogens with one attached hydrogen (secondary N) is 1. The van der Waals surface area contributed by atoms with Crippen molar-refractivity contribution >= 4 is 24.0 Å². The van der Waals surface area contributed by atoms with Gasteiger partial charge in [0.15, 0.2) is 10.6 Å². The fraction of sp³-hybridized carbons (Fsp3) is 0.800. The summed E-state index contributed by atoms with van der Waals surface area (Å²) in [5.41, 5.74) is 0. The third-order valence-corrected chi connectivity index (χ3v) is 4.56. The van der Waals surface area contributed by atoms with Crippen LogP contribution in [0.1, 0.15) is 38.1 Å². The van der Waals surface area contributed by atoms with Gasteiger partial charge in [0.25, 0.3) is 0 Å². The van der Waals surface area contributed by atoms with Crippen molar-refractivity contribution in [1.82, 2.24) is 14.8 Å². The van der Waals surface area contributed by atoms with E-state index in [-0.39, 0.29) is 6.61 Å². The zero-order valence-corrected chi connectivity index (χ0v) is 11.0. The Labute approximate surface area is 104 Å². The van der Waals surface area contributed by atoms with Crippen LogP contribution in [0.25, 0.3) is 0 Å². The van der Waals surface area contributed by atoms with Crippen LogP contribution in [0.4, 0.5) is 0 Å². The van der Waals surface area contributed by atoms with E-state index in [1.165, 1.54) is 12.2 Å². The molecule has 1 aliphatic rings. The molecule has 1 aromatic heterocycles. The van der Waals surface area contributed by atoms with Gasteiger partial charge in [-0.25, -0.2) is 0 Å². The molecule has 2 rings (SSSR count). The summed E-state index contributed by atoms with van der Waals surface area (Å²) in [6.07, 6.45) is 3.51. The summed E-state index contributed by atoms with van der Waals surface area (Å²) in [6.45, 7) is 2.15. The Hall–Kier alpha value is -0.330. The van der Waals surface area contributed by atoms with E-state index in [4.69, 9.17) is 12.2 Å². The lowest BCUT2D eigenvalue weighted by molar-refractivity contribution is 0.259. The number of aliphatic hydroxyl groups is 1. The lowest BCUT2D eigenvalue weighted by atomic mass is 10.2. The fourth-order valence-corrected chi connectivity index (χ4v) is 3.80. The molecule has 1 aromatic rings. The monoisotopic (exact) mass is 259 g/mol. The van der Waals surface area contributed by atoms with E-state index < -0.39 is 0 Å². The van der Waals surface area contributed by atoms with Crippen molar-refractivity contribution in [2.45, 2.75) is 44.1 Å². The third kappa shape index (κ3) is 2.33. The van der Waals surface area contributed by atoms with E-state index in [1.807, 2.05) is 16.3 Å². The maximum absolute atomic E-state index is 9.21. The molecule has 1 saturated carbocycles. The Balaban J connectivity index is 2.13. The first-order chi connectivity index (χ1) is 7.76. The summed E-state index contributed by atoms with van der Waals surface area (Å²) in [5, 5.41) is 16.7. The molecule has 6 heteroatoms. The average Bonchev–Trinajstić information content (AvgIpc) is 2.85. The molecule has 2 atom stereocenters. The SMILES string of the molecule is CCSC1CCC(n2c(CO)n[nH]c2=S)C1. The normalized spacial score (nSPS) is 25.1. The Morgan fingerprint density at radius 1 is 1.62 bits per heavy atom. The van der Waals surface area contributed by atoms with E-state index in [9.17, 15) is 5.11 Å². The molecule has 16 heavy (non-hydrogen) atoms. The summed E-state index contributed by atoms with van der Waals surface area (Å²) in [7, 11) is 0. The molecule has 0 aromatic carbocycles. The van der Waals surface area contributed by atoms with Gasteiger partial charge in [0.1, 0.15) is 6.61 Å². The highest BCUT2D eigenvalue weighted by molar-refractivity contribution is 7.99. The second-order valence-electron chi connectivity index (χ2n) is 4.02. The maximum atomic E-state index is 9.21. The molecule has 0 bridgehead atoms. The van der Waals surface area contributed by atoms with Gasteiger partial charge in [-0.15, -0.1) is 0 Å². The van der Waals surface area contributed by atoms with Crippen LogP contribution in [0, 0.1) is 4.77 Å². The van der Waals surface area contributed by atoms with Crippen molar-refractivity contribution in [3.05, 3.63) is 10.6 Å². The molecule has 0 radical (unpaired) electrons. The smallest absolute Gasteiger partial charge is 0.195 e. The first kappa shape index (κ1) is 12.1. The third-order valence-electron chi connectivity index (χ3n) is 3.04. The lowest BCUT2D eigenvalue weighted by Crippen LogP contribution is -2.10. The minimum Gasteiger partial charge on any atom is -0.388 e. The molecule has 0 saturated heterocycles. The molecule has 4 nitrogen and oxygen atoms in total. The Bertz CT molecular complexity index is 401. The zero-order valence-electron chi connectivity index (χ0n) is 9.35. The number of hydrogen-bond acceptors (Lipinski definition) is 4. The van der Waals surface area contributed by atoms with Crippen molar-refractivity contribution in [2.75, 3.05) is 5.75 Å². The molecule has 1 heterocycles. The van der Waals surface area contributed by atoms with Gasteiger partial charge in [-0.2, -0.15) is 16.9 Å². The summed E-state index contributed by atoms with van der Waals surface area (Å²) < 4.78 is 2.63. The van der Waals surface area contributed by atoms with E-state index in [0.29, 0.717) is 16.6 Å². The fourth-order valence-electron chi connectivity index (χ4n) is 2.36. The molecule has 0 spiro atoms. The number of H-pyrrole nitrogens is 1. The second-order valence-corrected chi connectivity index (χ2v) is 5.98. The molecule has 1 aliphatic carbocycles. The van der Waals surface area contributed by atoms with Crippen molar-refractivity contribution in [3.8, 4) is 0 Å². The molecule has 2 unspecified atom stereocenters. The quantitative estimate of drug-likeness (QED) is 0.815. The molecule has 90 valence electrons. The zero-order chi connectivity index (χ0) is 11.5. The minimum atomic E-state index is -0.0464. The number of aliphatic hydroxyl groups excluding tert-OH is 1. The largest absolute Gasteiger partial charge is 0.388 e. The molecular formula is C10H17N3OS2. The maximum Gasteiger partial charge on any atom is 0.195 e. The highest BCUT2D eigenvalue weighted by Gasteiger charge is 2.27.